The number of aromatic nitrogens is 2. The van der Waals surface area contributed by atoms with Gasteiger partial charge in [0.15, 0.2) is 0 Å². The standard InChI is InChI=1S/C15H19N3O2S/c19-15(12-4-8-20-9-5-12)16-11-13(14-3-1-10-21-14)18-7-2-6-17-18/h1-3,6-7,10,12-13H,4-5,8-9,11H2,(H,16,19). The molecule has 1 saturated heterocycles. The Morgan fingerprint density at radius 2 is 2.33 bits per heavy atom. The third kappa shape index (κ3) is 3.51. The maximum atomic E-state index is 12.2. The first kappa shape index (κ1) is 14.3. The zero-order valence-corrected chi connectivity index (χ0v) is 12.6. The van der Waals surface area contributed by atoms with Crippen molar-refractivity contribution in [1.29, 1.82) is 0 Å². The van der Waals surface area contributed by atoms with Crippen LogP contribution in [0.1, 0.15) is 23.8 Å². The molecule has 2 aromatic rings. The first-order valence-electron chi connectivity index (χ1n) is 7.22. The topological polar surface area (TPSA) is 56.2 Å². The Hall–Kier alpha value is -1.66. The van der Waals surface area contributed by atoms with Gasteiger partial charge in [0.1, 0.15) is 6.04 Å². The monoisotopic (exact) mass is 305 g/mol. The largest absolute Gasteiger partial charge is 0.381 e. The number of hydrogen-bond acceptors (Lipinski definition) is 4. The summed E-state index contributed by atoms with van der Waals surface area (Å²) < 4.78 is 7.20. The molecule has 21 heavy (non-hydrogen) atoms. The van der Waals surface area contributed by atoms with E-state index in [-0.39, 0.29) is 17.9 Å². The van der Waals surface area contributed by atoms with E-state index in [4.69, 9.17) is 4.74 Å². The van der Waals surface area contributed by atoms with Crippen molar-refractivity contribution >= 4 is 17.2 Å². The van der Waals surface area contributed by atoms with E-state index in [1.165, 1.54) is 4.88 Å². The number of hydrogen-bond donors (Lipinski definition) is 1. The van der Waals surface area contributed by atoms with Crippen molar-refractivity contribution < 1.29 is 9.53 Å². The molecule has 0 aliphatic carbocycles. The summed E-state index contributed by atoms with van der Waals surface area (Å²) in [5.74, 6) is 0.215. The second-order valence-corrected chi connectivity index (χ2v) is 6.13. The van der Waals surface area contributed by atoms with Crippen LogP contribution in [0.25, 0.3) is 0 Å². The highest BCUT2D eigenvalue weighted by Gasteiger charge is 2.23. The van der Waals surface area contributed by atoms with Crippen LogP contribution in [0.15, 0.2) is 36.0 Å². The molecule has 1 unspecified atom stereocenters. The molecule has 1 aliphatic rings. The van der Waals surface area contributed by atoms with Crippen LogP contribution < -0.4 is 5.32 Å². The fourth-order valence-electron chi connectivity index (χ4n) is 2.57. The van der Waals surface area contributed by atoms with Crippen LogP contribution >= 0.6 is 11.3 Å². The molecule has 1 fully saturated rings. The van der Waals surface area contributed by atoms with Crippen LogP contribution in [0, 0.1) is 5.92 Å². The van der Waals surface area contributed by atoms with E-state index in [1.54, 1.807) is 17.5 Å². The predicted octanol–water partition coefficient (Wildman–Crippen LogP) is 2.08. The molecule has 112 valence electrons. The zero-order valence-electron chi connectivity index (χ0n) is 11.8. The Kier molecular flexibility index (Phi) is 4.67. The second-order valence-electron chi connectivity index (χ2n) is 5.15. The SMILES string of the molecule is O=C(NCC(c1cccs1)n1cccn1)C1CCOCC1. The van der Waals surface area contributed by atoms with Gasteiger partial charge in [0.25, 0.3) is 0 Å². The molecule has 0 bridgehead atoms. The minimum absolute atomic E-state index is 0.0591. The van der Waals surface area contributed by atoms with Gasteiger partial charge in [0.2, 0.25) is 5.91 Å². The van der Waals surface area contributed by atoms with E-state index in [0.29, 0.717) is 19.8 Å². The van der Waals surface area contributed by atoms with Crippen LogP contribution in [0.2, 0.25) is 0 Å². The lowest BCUT2D eigenvalue weighted by Crippen LogP contribution is -2.37. The summed E-state index contributed by atoms with van der Waals surface area (Å²) in [5.41, 5.74) is 0. The molecule has 1 N–H and O–H groups in total. The molecule has 1 atom stereocenters. The third-order valence-electron chi connectivity index (χ3n) is 3.78. The van der Waals surface area contributed by atoms with Crippen LogP contribution in [-0.4, -0.2) is 35.4 Å². The van der Waals surface area contributed by atoms with Gasteiger partial charge in [-0.15, -0.1) is 11.3 Å². The molecule has 1 aliphatic heterocycles. The van der Waals surface area contributed by atoms with E-state index in [0.717, 1.165) is 12.8 Å². The van der Waals surface area contributed by atoms with Crippen LogP contribution in [-0.2, 0) is 9.53 Å². The van der Waals surface area contributed by atoms with Gasteiger partial charge in [-0.3, -0.25) is 9.48 Å². The highest BCUT2D eigenvalue weighted by Crippen LogP contribution is 2.22. The Bertz CT molecular complexity index is 513. The van der Waals surface area contributed by atoms with Crippen molar-refractivity contribution in [3.05, 3.63) is 40.8 Å². The lowest BCUT2D eigenvalue weighted by Gasteiger charge is -2.23. The molecule has 0 radical (unpaired) electrons. The summed E-state index contributed by atoms with van der Waals surface area (Å²) in [5, 5.41) is 9.44. The number of carbonyl (C=O) groups excluding carboxylic acids is 1. The first-order chi connectivity index (χ1) is 10.3. The average molecular weight is 305 g/mol. The van der Waals surface area contributed by atoms with Gasteiger partial charge >= 0.3 is 0 Å². The number of carbonyl (C=O) groups is 1. The zero-order chi connectivity index (χ0) is 14.5. The van der Waals surface area contributed by atoms with E-state index in [1.807, 2.05) is 28.4 Å². The summed E-state index contributed by atoms with van der Waals surface area (Å²) >= 11 is 1.68. The van der Waals surface area contributed by atoms with Crippen molar-refractivity contribution in [2.45, 2.75) is 18.9 Å². The van der Waals surface area contributed by atoms with Gasteiger partial charge < -0.3 is 10.1 Å². The van der Waals surface area contributed by atoms with Crippen molar-refractivity contribution in [2.24, 2.45) is 5.92 Å². The number of rotatable bonds is 5. The molecule has 5 nitrogen and oxygen atoms in total. The minimum atomic E-state index is 0.0591. The first-order valence-corrected chi connectivity index (χ1v) is 8.10. The maximum Gasteiger partial charge on any atom is 0.223 e. The Morgan fingerprint density at radius 3 is 3.00 bits per heavy atom. The van der Waals surface area contributed by atoms with Crippen LogP contribution in [0.4, 0.5) is 0 Å². The Morgan fingerprint density at radius 1 is 1.48 bits per heavy atom. The van der Waals surface area contributed by atoms with Gasteiger partial charge in [-0.05, 0) is 30.4 Å². The summed E-state index contributed by atoms with van der Waals surface area (Å²) in [4.78, 5) is 13.4. The minimum Gasteiger partial charge on any atom is -0.381 e. The quantitative estimate of drug-likeness (QED) is 0.920. The fraction of sp³-hybridized carbons (Fsp3) is 0.467. The molecule has 0 aromatic carbocycles. The molecule has 3 heterocycles. The Balaban J connectivity index is 1.64. The number of thiophene rings is 1. The molecule has 6 heteroatoms. The summed E-state index contributed by atoms with van der Waals surface area (Å²) in [7, 11) is 0. The van der Waals surface area contributed by atoms with Crippen LogP contribution in [0.5, 0.6) is 0 Å². The Labute approximate surface area is 127 Å². The highest BCUT2D eigenvalue weighted by atomic mass is 32.1. The van der Waals surface area contributed by atoms with Gasteiger partial charge in [-0.25, -0.2) is 0 Å². The molecule has 0 spiro atoms. The van der Waals surface area contributed by atoms with Gasteiger partial charge in [0, 0.05) is 42.9 Å². The fourth-order valence-corrected chi connectivity index (χ4v) is 3.39. The van der Waals surface area contributed by atoms with Crippen molar-refractivity contribution in [3.8, 4) is 0 Å². The van der Waals surface area contributed by atoms with Crippen molar-refractivity contribution in [3.63, 3.8) is 0 Å². The number of ether oxygens (including phenoxy) is 1. The number of nitrogens with zero attached hydrogens (tertiary/aromatic N) is 2. The molecule has 1 amide bonds. The lowest BCUT2D eigenvalue weighted by molar-refractivity contribution is -0.127. The smallest absolute Gasteiger partial charge is 0.223 e. The van der Waals surface area contributed by atoms with Gasteiger partial charge in [-0.1, -0.05) is 6.07 Å². The van der Waals surface area contributed by atoms with E-state index in [9.17, 15) is 4.79 Å². The van der Waals surface area contributed by atoms with E-state index < -0.39 is 0 Å². The molecule has 3 rings (SSSR count). The van der Waals surface area contributed by atoms with E-state index in [2.05, 4.69) is 16.5 Å². The maximum absolute atomic E-state index is 12.2. The predicted molar refractivity (Wildman–Crippen MR) is 81.2 cm³/mol. The van der Waals surface area contributed by atoms with Crippen molar-refractivity contribution in [2.75, 3.05) is 19.8 Å². The van der Waals surface area contributed by atoms with Crippen LogP contribution in [0.3, 0.4) is 0 Å². The third-order valence-corrected chi connectivity index (χ3v) is 4.75. The highest BCUT2D eigenvalue weighted by molar-refractivity contribution is 7.10. The lowest BCUT2D eigenvalue weighted by atomic mass is 9.99. The number of nitrogens with one attached hydrogen (secondary N) is 1. The second kappa shape index (κ2) is 6.87. The summed E-state index contributed by atoms with van der Waals surface area (Å²) in [6.07, 6.45) is 5.33. The summed E-state index contributed by atoms with van der Waals surface area (Å²) in [6, 6.07) is 6.07. The normalized spacial score (nSPS) is 17.5. The van der Waals surface area contributed by atoms with E-state index >= 15 is 0 Å². The van der Waals surface area contributed by atoms with Crippen molar-refractivity contribution in [1.82, 2.24) is 15.1 Å². The average Bonchev–Trinajstić information content (AvgIpc) is 3.22. The van der Waals surface area contributed by atoms with Gasteiger partial charge in [0.05, 0.1) is 0 Å². The van der Waals surface area contributed by atoms with Gasteiger partial charge in [-0.2, -0.15) is 5.10 Å². The molecular weight excluding hydrogens is 286 g/mol. The molecule has 0 saturated carbocycles. The molecule has 2 aromatic heterocycles. The molecular formula is C15H19N3O2S. The summed E-state index contributed by atoms with van der Waals surface area (Å²) in [6.45, 7) is 1.94. The number of amides is 1.